The number of pyridine rings is 1. The fourth-order valence-electron chi connectivity index (χ4n) is 4.80. The van der Waals surface area contributed by atoms with Crippen molar-refractivity contribution >= 4 is 45.9 Å². The van der Waals surface area contributed by atoms with Crippen molar-refractivity contribution in [1.82, 2.24) is 30.0 Å². The molecule has 5 rings (SSSR count). The molecule has 3 aromatic heterocycles. The first-order chi connectivity index (χ1) is 17.4. The van der Waals surface area contributed by atoms with Gasteiger partial charge in [-0.25, -0.2) is 4.98 Å². The van der Waals surface area contributed by atoms with E-state index in [0.29, 0.717) is 11.9 Å². The molecule has 0 radical (unpaired) electrons. The minimum Gasteiger partial charge on any atom is -0.324 e. The molecule has 3 N–H and O–H groups in total. The Morgan fingerprint density at radius 2 is 1.89 bits per heavy atom. The number of hydrogen-bond donors (Lipinski definition) is 3. The minimum absolute atomic E-state index is 0.559. The first-order valence-electron chi connectivity index (χ1n) is 12.3. The Morgan fingerprint density at radius 3 is 2.61 bits per heavy atom. The zero-order valence-corrected chi connectivity index (χ0v) is 23.0. The number of likely N-dealkylation sites (tertiary alicyclic amines) is 1. The Labute approximate surface area is 225 Å². The lowest BCUT2D eigenvalue weighted by atomic mass is 9.85. The van der Waals surface area contributed by atoms with Gasteiger partial charge in [0.2, 0.25) is 5.95 Å². The molecule has 0 saturated carbocycles. The fourth-order valence-corrected chi connectivity index (χ4v) is 5.20. The SMILES string of the molecule is Cc1cc(Nc2nc(Nc3cc(C)c(C4CCN(Cc5cccnc5)CC4)cc3C)ncc2I)n[nH]1. The molecule has 0 unspecified atom stereocenters. The normalized spacial score (nSPS) is 14.7. The summed E-state index contributed by atoms with van der Waals surface area (Å²) in [5.74, 6) is 2.61. The number of aromatic nitrogens is 5. The molecule has 8 nitrogen and oxygen atoms in total. The summed E-state index contributed by atoms with van der Waals surface area (Å²) < 4.78 is 0.928. The fraction of sp³-hybridized carbons (Fsp3) is 0.333. The zero-order chi connectivity index (χ0) is 25.1. The summed E-state index contributed by atoms with van der Waals surface area (Å²) in [6, 6.07) is 10.7. The average Bonchev–Trinajstić information content (AvgIpc) is 3.29. The first kappa shape index (κ1) is 24.6. The van der Waals surface area contributed by atoms with Crippen LogP contribution in [0.15, 0.2) is 48.9 Å². The van der Waals surface area contributed by atoms with Crippen LogP contribution in [0.3, 0.4) is 0 Å². The van der Waals surface area contributed by atoms with Crippen molar-refractivity contribution in [3.05, 3.63) is 80.4 Å². The van der Waals surface area contributed by atoms with Gasteiger partial charge in [-0.15, -0.1) is 0 Å². The van der Waals surface area contributed by atoms with Crippen LogP contribution in [-0.2, 0) is 6.54 Å². The third-order valence-corrected chi connectivity index (χ3v) is 7.50. The summed E-state index contributed by atoms with van der Waals surface area (Å²) in [5.41, 5.74) is 7.28. The van der Waals surface area contributed by atoms with Gasteiger partial charge in [-0.1, -0.05) is 12.1 Å². The first-order valence-corrected chi connectivity index (χ1v) is 13.3. The third kappa shape index (κ3) is 5.84. The van der Waals surface area contributed by atoms with Gasteiger partial charge in [-0.3, -0.25) is 15.0 Å². The van der Waals surface area contributed by atoms with Crippen molar-refractivity contribution in [2.24, 2.45) is 0 Å². The second kappa shape index (κ2) is 10.9. The zero-order valence-electron chi connectivity index (χ0n) is 20.8. The number of nitrogens with zero attached hydrogens (tertiary/aromatic N) is 5. The van der Waals surface area contributed by atoms with E-state index in [9.17, 15) is 0 Å². The topological polar surface area (TPSA) is 94.7 Å². The maximum absolute atomic E-state index is 4.69. The summed E-state index contributed by atoms with van der Waals surface area (Å²) in [6.45, 7) is 9.54. The van der Waals surface area contributed by atoms with E-state index in [-0.39, 0.29) is 0 Å². The molecule has 9 heteroatoms. The van der Waals surface area contributed by atoms with Crippen LogP contribution in [0.5, 0.6) is 0 Å². The second-order valence-electron chi connectivity index (χ2n) is 9.51. The van der Waals surface area contributed by atoms with E-state index in [1.807, 2.05) is 37.6 Å². The number of anilines is 4. The Hall–Kier alpha value is -3.05. The molecular weight excluding hydrogens is 563 g/mol. The molecule has 1 saturated heterocycles. The molecule has 1 aliphatic heterocycles. The Kier molecular flexibility index (Phi) is 7.47. The lowest BCUT2D eigenvalue weighted by molar-refractivity contribution is 0.204. The van der Waals surface area contributed by atoms with E-state index in [1.165, 1.54) is 35.1 Å². The summed E-state index contributed by atoms with van der Waals surface area (Å²) in [5, 5.41) is 13.9. The van der Waals surface area contributed by atoms with E-state index in [2.05, 4.69) is 90.3 Å². The highest BCUT2D eigenvalue weighted by molar-refractivity contribution is 14.1. The average molecular weight is 595 g/mol. The monoisotopic (exact) mass is 594 g/mol. The van der Waals surface area contributed by atoms with Gasteiger partial charge >= 0.3 is 0 Å². The molecule has 0 amide bonds. The standard InChI is InChI=1S/C27H31IN8/c1-17-12-24(31-27-30-15-23(28)26(33-27)32-25-13-19(3)34-35-25)18(2)11-22(17)21-6-9-36(10-7-21)16-20-5-4-8-29-14-20/h4-5,8,11-15,21H,6-7,9-10,16H2,1-3H3,(H3,30,31,32,33,34,35). The molecule has 0 aliphatic carbocycles. The van der Waals surface area contributed by atoms with Crippen LogP contribution in [0.1, 0.15) is 46.7 Å². The number of halogens is 1. The van der Waals surface area contributed by atoms with Crippen LogP contribution in [0, 0.1) is 24.3 Å². The summed E-state index contributed by atoms with van der Waals surface area (Å²) >= 11 is 2.23. The third-order valence-electron chi connectivity index (χ3n) is 6.71. The molecule has 0 spiro atoms. The van der Waals surface area contributed by atoms with Gasteiger partial charge in [-0.05, 0) is 110 Å². The summed E-state index contributed by atoms with van der Waals surface area (Å²) in [7, 11) is 0. The van der Waals surface area contributed by atoms with Crippen molar-refractivity contribution < 1.29 is 0 Å². The van der Waals surface area contributed by atoms with Crippen LogP contribution in [0.4, 0.5) is 23.3 Å². The van der Waals surface area contributed by atoms with E-state index in [4.69, 9.17) is 4.98 Å². The van der Waals surface area contributed by atoms with Gasteiger partial charge in [0, 0.05) is 42.6 Å². The van der Waals surface area contributed by atoms with Gasteiger partial charge in [0.25, 0.3) is 0 Å². The highest BCUT2D eigenvalue weighted by atomic mass is 127. The van der Waals surface area contributed by atoms with E-state index in [0.717, 1.165) is 46.2 Å². The minimum atomic E-state index is 0.559. The summed E-state index contributed by atoms with van der Waals surface area (Å²) in [6.07, 6.45) is 7.97. The molecule has 1 aromatic carbocycles. The van der Waals surface area contributed by atoms with Crippen molar-refractivity contribution in [3.8, 4) is 0 Å². The molecule has 186 valence electrons. The van der Waals surface area contributed by atoms with Crippen LogP contribution in [0.2, 0.25) is 0 Å². The van der Waals surface area contributed by atoms with Crippen LogP contribution in [0.25, 0.3) is 0 Å². The number of rotatable bonds is 7. The van der Waals surface area contributed by atoms with Gasteiger partial charge in [0.1, 0.15) is 0 Å². The lowest BCUT2D eigenvalue weighted by Gasteiger charge is -2.33. The smallest absolute Gasteiger partial charge is 0.229 e. The molecule has 1 aliphatic rings. The van der Waals surface area contributed by atoms with Crippen molar-refractivity contribution in [2.75, 3.05) is 23.7 Å². The van der Waals surface area contributed by atoms with E-state index < -0.39 is 0 Å². The van der Waals surface area contributed by atoms with Crippen molar-refractivity contribution in [3.63, 3.8) is 0 Å². The van der Waals surface area contributed by atoms with Crippen LogP contribution in [-0.4, -0.2) is 43.1 Å². The number of nitrogens with one attached hydrogen (secondary N) is 3. The number of aryl methyl sites for hydroxylation is 3. The van der Waals surface area contributed by atoms with Crippen molar-refractivity contribution in [2.45, 2.75) is 46.1 Å². The lowest BCUT2D eigenvalue weighted by Crippen LogP contribution is -2.32. The van der Waals surface area contributed by atoms with Crippen LogP contribution < -0.4 is 10.6 Å². The highest BCUT2D eigenvalue weighted by Crippen LogP contribution is 2.34. The van der Waals surface area contributed by atoms with Gasteiger partial charge in [-0.2, -0.15) is 10.1 Å². The van der Waals surface area contributed by atoms with Crippen LogP contribution >= 0.6 is 22.6 Å². The predicted octanol–water partition coefficient (Wildman–Crippen LogP) is 5.99. The number of H-pyrrole nitrogens is 1. The Balaban J connectivity index is 1.25. The molecule has 1 fully saturated rings. The van der Waals surface area contributed by atoms with Gasteiger partial charge in [0.15, 0.2) is 11.6 Å². The highest BCUT2D eigenvalue weighted by Gasteiger charge is 2.23. The molecule has 36 heavy (non-hydrogen) atoms. The molecule has 0 atom stereocenters. The largest absolute Gasteiger partial charge is 0.324 e. The number of piperidine rings is 1. The molecular formula is C27H31IN8. The second-order valence-corrected chi connectivity index (χ2v) is 10.7. The van der Waals surface area contributed by atoms with Gasteiger partial charge in [0.05, 0.1) is 3.57 Å². The maximum Gasteiger partial charge on any atom is 0.229 e. The summed E-state index contributed by atoms with van der Waals surface area (Å²) in [4.78, 5) is 16.0. The Morgan fingerprint density at radius 1 is 1.06 bits per heavy atom. The number of aromatic amines is 1. The molecule has 4 heterocycles. The van der Waals surface area contributed by atoms with Gasteiger partial charge < -0.3 is 10.6 Å². The molecule has 0 bridgehead atoms. The quantitative estimate of drug-likeness (QED) is 0.226. The maximum atomic E-state index is 4.69. The molecule has 4 aromatic rings. The number of benzene rings is 1. The Bertz CT molecular complexity index is 1330. The van der Waals surface area contributed by atoms with E-state index in [1.54, 1.807) is 0 Å². The van der Waals surface area contributed by atoms with Crippen molar-refractivity contribution in [1.29, 1.82) is 0 Å². The predicted molar refractivity (Wildman–Crippen MR) is 152 cm³/mol. The van der Waals surface area contributed by atoms with E-state index >= 15 is 0 Å². The number of hydrogen-bond acceptors (Lipinski definition) is 7.